The molecule has 0 radical (unpaired) electrons. The van der Waals surface area contributed by atoms with Crippen LogP contribution in [0.1, 0.15) is 28.8 Å². The van der Waals surface area contributed by atoms with Crippen LogP contribution in [0, 0.1) is 11.7 Å². The molecule has 2 aromatic carbocycles. The maximum absolute atomic E-state index is 13.3. The van der Waals surface area contributed by atoms with Gasteiger partial charge in [-0.05, 0) is 48.7 Å². The van der Waals surface area contributed by atoms with E-state index in [2.05, 4.69) is 4.90 Å². The lowest BCUT2D eigenvalue weighted by atomic mass is 9.96. The first-order chi connectivity index (χ1) is 12.9. The van der Waals surface area contributed by atoms with Crippen molar-refractivity contribution < 1.29 is 19.1 Å². The summed E-state index contributed by atoms with van der Waals surface area (Å²) >= 11 is 0. The van der Waals surface area contributed by atoms with Crippen molar-refractivity contribution in [2.45, 2.75) is 19.4 Å². The van der Waals surface area contributed by atoms with Crippen molar-refractivity contribution in [1.29, 1.82) is 0 Å². The van der Waals surface area contributed by atoms with Gasteiger partial charge in [-0.15, -0.1) is 0 Å². The molecule has 1 fully saturated rings. The van der Waals surface area contributed by atoms with Crippen LogP contribution in [0.15, 0.2) is 48.5 Å². The second-order valence-corrected chi connectivity index (χ2v) is 6.94. The molecular weight excluding hydrogens is 347 g/mol. The predicted octanol–water partition coefficient (Wildman–Crippen LogP) is 3.40. The quantitative estimate of drug-likeness (QED) is 0.876. The first kappa shape index (κ1) is 18.9. The van der Waals surface area contributed by atoms with E-state index >= 15 is 0 Å². The molecule has 1 amide bonds. The van der Waals surface area contributed by atoms with Crippen LogP contribution in [0.4, 0.5) is 10.1 Å². The van der Waals surface area contributed by atoms with Gasteiger partial charge >= 0.3 is 5.97 Å². The maximum atomic E-state index is 13.3. The Balaban J connectivity index is 1.65. The number of anilines is 1. The second kappa shape index (κ2) is 8.20. The molecule has 0 aromatic heterocycles. The molecule has 0 unspecified atom stereocenters. The second-order valence-electron chi connectivity index (χ2n) is 6.94. The van der Waals surface area contributed by atoms with Crippen molar-refractivity contribution in [1.82, 2.24) is 4.90 Å². The number of aliphatic carboxylic acids is 1. The average molecular weight is 370 g/mol. The normalized spacial score (nSPS) is 14.8. The summed E-state index contributed by atoms with van der Waals surface area (Å²) in [6.07, 6.45) is 1.27. The van der Waals surface area contributed by atoms with Crippen LogP contribution in [0.5, 0.6) is 0 Å². The monoisotopic (exact) mass is 370 g/mol. The summed E-state index contributed by atoms with van der Waals surface area (Å²) in [6.45, 7) is 1.83. The number of nitrogens with zero attached hydrogens (tertiary/aromatic N) is 2. The highest BCUT2D eigenvalue weighted by molar-refractivity contribution is 5.94. The van der Waals surface area contributed by atoms with E-state index in [1.165, 1.54) is 18.2 Å². The zero-order valence-electron chi connectivity index (χ0n) is 15.3. The maximum Gasteiger partial charge on any atom is 0.306 e. The van der Waals surface area contributed by atoms with E-state index < -0.39 is 11.8 Å². The molecule has 1 saturated heterocycles. The molecular formula is C21H23FN2O3. The van der Waals surface area contributed by atoms with Crippen LogP contribution in [0.2, 0.25) is 0 Å². The van der Waals surface area contributed by atoms with Gasteiger partial charge in [0.05, 0.1) is 5.92 Å². The van der Waals surface area contributed by atoms with Crippen LogP contribution in [-0.2, 0) is 11.3 Å². The third-order valence-electron chi connectivity index (χ3n) is 4.96. The summed E-state index contributed by atoms with van der Waals surface area (Å²) in [5, 5.41) is 9.12. The first-order valence-corrected chi connectivity index (χ1v) is 9.02. The molecule has 0 bridgehead atoms. The predicted molar refractivity (Wildman–Crippen MR) is 101 cm³/mol. The Morgan fingerprint density at radius 3 is 2.52 bits per heavy atom. The summed E-state index contributed by atoms with van der Waals surface area (Å²) in [5.74, 6) is -1.65. The largest absolute Gasteiger partial charge is 0.481 e. The summed E-state index contributed by atoms with van der Waals surface area (Å²) in [6, 6.07) is 13.6. The van der Waals surface area contributed by atoms with Crippen LogP contribution in [-0.4, -0.2) is 42.0 Å². The van der Waals surface area contributed by atoms with E-state index in [9.17, 15) is 14.0 Å². The van der Waals surface area contributed by atoms with Gasteiger partial charge < -0.3 is 14.9 Å². The summed E-state index contributed by atoms with van der Waals surface area (Å²) in [7, 11) is 1.69. The topological polar surface area (TPSA) is 60.9 Å². The number of carbonyl (C=O) groups excluding carboxylic acids is 1. The molecule has 0 spiro atoms. The van der Waals surface area contributed by atoms with Crippen molar-refractivity contribution in [2.24, 2.45) is 5.92 Å². The minimum Gasteiger partial charge on any atom is -0.481 e. The molecule has 142 valence electrons. The fourth-order valence-electron chi connectivity index (χ4n) is 3.42. The van der Waals surface area contributed by atoms with Crippen LogP contribution >= 0.6 is 0 Å². The highest BCUT2D eigenvalue weighted by Gasteiger charge is 2.24. The van der Waals surface area contributed by atoms with Crippen LogP contribution in [0.25, 0.3) is 0 Å². The molecule has 0 atom stereocenters. The number of amides is 1. The third-order valence-corrected chi connectivity index (χ3v) is 4.96. The van der Waals surface area contributed by atoms with Gasteiger partial charge in [0.1, 0.15) is 5.82 Å². The van der Waals surface area contributed by atoms with Gasteiger partial charge in [-0.2, -0.15) is 0 Å². The fraction of sp³-hybridized carbons (Fsp3) is 0.333. The van der Waals surface area contributed by atoms with Crippen LogP contribution in [0.3, 0.4) is 0 Å². The van der Waals surface area contributed by atoms with Gasteiger partial charge in [0.2, 0.25) is 0 Å². The smallest absolute Gasteiger partial charge is 0.306 e. The molecule has 5 nitrogen and oxygen atoms in total. The zero-order valence-corrected chi connectivity index (χ0v) is 15.3. The minimum atomic E-state index is -0.721. The highest BCUT2D eigenvalue weighted by atomic mass is 19.1. The molecule has 1 heterocycles. The molecule has 1 N–H and O–H groups in total. The fourth-order valence-corrected chi connectivity index (χ4v) is 3.42. The standard InChI is InChI=1S/C21H23FN2O3/c1-23(20(25)17-5-3-6-18(22)13-17)14-15-4-2-7-19(12-15)24-10-8-16(9-11-24)21(26)27/h2-7,12-13,16H,8-11,14H2,1H3,(H,26,27). The third kappa shape index (κ3) is 4.64. The molecule has 6 heteroatoms. The van der Waals surface area contributed by atoms with E-state index in [0.29, 0.717) is 38.0 Å². The highest BCUT2D eigenvalue weighted by Crippen LogP contribution is 2.24. The lowest BCUT2D eigenvalue weighted by Crippen LogP contribution is -2.36. The summed E-state index contributed by atoms with van der Waals surface area (Å²) < 4.78 is 13.3. The van der Waals surface area contributed by atoms with Gasteiger partial charge in [0.15, 0.2) is 0 Å². The lowest BCUT2D eigenvalue weighted by molar-refractivity contribution is -0.142. The number of benzene rings is 2. The number of rotatable bonds is 5. The number of piperidine rings is 1. The molecule has 2 aromatic rings. The van der Waals surface area contributed by atoms with E-state index in [4.69, 9.17) is 5.11 Å². The first-order valence-electron chi connectivity index (χ1n) is 9.02. The Morgan fingerprint density at radius 2 is 1.85 bits per heavy atom. The number of carboxylic acids is 1. The van der Waals surface area contributed by atoms with Gasteiger partial charge in [-0.3, -0.25) is 9.59 Å². The summed E-state index contributed by atoms with van der Waals surface area (Å²) in [5.41, 5.74) is 2.33. The van der Waals surface area contributed by atoms with E-state index in [1.54, 1.807) is 18.0 Å². The number of hydrogen-bond donors (Lipinski definition) is 1. The number of halogens is 1. The van der Waals surface area contributed by atoms with Crippen molar-refractivity contribution in [3.05, 3.63) is 65.5 Å². The van der Waals surface area contributed by atoms with E-state index in [0.717, 1.165) is 11.3 Å². The zero-order chi connectivity index (χ0) is 19.4. The van der Waals surface area contributed by atoms with Gasteiger partial charge in [-0.1, -0.05) is 18.2 Å². The van der Waals surface area contributed by atoms with Gasteiger partial charge in [-0.25, -0.2) is 4.39 Å². The van der Waals surface area contributed by atoms with Crippen molar-refractivity contribution in [2.75, 3.05) is 25.0 Å². The van der Waals surface area contributed by atoms with Gasteiger partial charge in [0.25, 0.3) is 5.91 Å². The minimum absolute atomic E-state index is 0.234. The Labute approximate surface area is 158 Å². The summed E-state index contributed by atoms with van der Waals surface area (Å²) in [4.78, 5) is 27.3. The molecule has 27 heavy (non-hydrogen) atoms. The van der Waals surface area contributed by atoms with E-state index in [-0.39, 0.29) is 11.8 Å². The Bertz CT molecular complexity index is 832. The number of hydrogen-bond acceptors (Lipinski definition) is 3. The Morgan fingerprint density at radius 1 is 1.15 bits per heavy atom. The molecule has 1 aliphatic rings. The lowest BCUT2D eigenvalue weighted by Gasteiger charge is -2.32. The van der Waals surface area contributed by atoms with Crippen LogP contribution < -0.4 is 4.90 Å². The molecule has 0 aliphatic carbocycles. The Hall–Kier alpha value is -2.89. The van der Waals surface area contributed by atoms with E-state index in [1.807, 2.05) is 24.3 Å². The SMILES string of the molecule is CN(Cc1cccc(N2CCC(C(=O)O)CC2)c1)C(=O)c1cccc(F)c1. The molecule has 0 saturated carbocycles. The van der Waals surface area contributed by atoms with Crippen molar-refractivity contribution in [3.63, 3.8) is 0 Å². The molecule has 3 rings (SSSR count). The van der Waals surface area contributed by atoms with Crippen molar-refractivity contribution in [3.8, 4) is 0 Å². The molecule has 1 aliphatic heterocycles. The Kier molecular flexibility index (Phi) is 5.74. The number of carboxylic acid groups (broad SMARTS) is 1. The van der Waals surface area contributed by atoms with Crippen molar-refractivity contribution >= 4 is 17.6 Å². The van der Waals surface area contributed by atoms with Gasteiger partial charge in [0, 0.05) is 37.9 Å². The average Bonchev–Trinajstić information content (AvgIpc) is 2.67. The number of carbonyl (C=O) groups is 2.